The Labute approximate surface area is 134 Å². The van der Waals surface area contributed by atoms with Crippen LogP contribution in [0.1, 0.15) is 57.6 Å². The predicted molar refractivity (Wildman–Crippen MR) is 90.9 cm³/mol. The zero-order valence-electron chi connectivity index (χ0n) is 14.1. The van der Waals surface area contributed by atoms with Gasteiger partial charge in [-0.1, -0.05) is 38.8 Å². The fourth-order valence-electron chi connectivity index (χ4n) is 2.48. The lowest BCUT2D eigenvalue weighted by Crippen LogP contribution is -2.31. The molecule has 4 nitrogen and oxygen atoms in total. The molecule has 1 amide bonds. The van der Waals surface area contributed by atoms with Crippen molar-refractivity contribution in [2.24, 2.45) is 11.7 Å². The molecule has 0 aliphatic rings. The van der Waals surface area contributed by atoms with E-state index in [1.165, 1.54) is 0 Å². The Bertz CT molecular complexity index is 429. The molecule has 22 heavy (non-hydrogen) atoms. The summed E-state index contributed by atoms with van der Waals surface area (Å²) in [7, 11) is 1.65. The van der Waals surface area contributed by atoms with Crippen molar-refractivity contribution in [2.45, 2.75) is 52.0 Å². The van der Waals surface area contributed by atoms with E-state index < -0.39 is 0 Å². The summed E-state index contributed by atoms with van der Waals surface area (Å²) >= 11 is 0. The first-order valence-corrected chi connectivity index (χ1v) is 8.22. The number of carbonyl (C=O) groups excluding carboxylic acids is 1. The molecular formula is C18H30N2O2. The molecule has 1 unspecified atom stereocenters. The lowest BCUT2D eigenvalue weighted by molar-refractivity contribution is -0.122. The second kappa shape index (κ2) is 10.2. The van der Waals surface area contributed by atoms with Gasteiger partial charge in [-0.05, 0) is 43.0 Å². The molecule has 0 aliphatic heterocycles. The molecule has 1 aromatic carbocycles. The van der Waals surface area contributed by atoms with Crippen LogP contribution in [0.25, 0.3) is 0 Å². The van der Waals surface area contributed by atoms with Crippen LogP contribution in [-0.2, 0) is 4.79 Å². The third kappa shape index (κ3) is 6.48. The number of rotatable bonds is 10. The molecule has 3 N–H and O–H groups in total. The minimum Gasteiger partial charge on any atom is -0.497 e. The SMILES string of the molecule is COc1ccc(C(NC(=O)CCCCCCN)C(C)C)cc1. The van der Waals surface area contributed by atoms with Crippen molar-refractivity contribution in [1.29, 1.82) is 0 Å². The van der Waals surface area contributed by atoms with Crippen molar-refractivity contribution < 1.29 is 9.53 Å². The number of benzene rings is 1. The maximum atomic E-state index is 12.1. The van der Waals surface area contributed by atoms with Crippen molar-refractivity contribution in [2.75, 3.05) is 13.7 Å². The van der Waals surface area contributed by atoms with Crippen LogP contribution >= 0.6 is 0 Å². The summed E-state index contributed by atoms with van der Waals surface area (Å²) in [4.78, 5) is 12.1. The minimum atomic E-state index is 0.0439. The first-order valence-electron chi connectivity index (χ1n) is 8.22. The minimum absolute atomic E-state index is 0.0439. The van der Waals surface area contributed by atoms with E-state index in [9.17, 15) is 4.79 Å². The van der Waals surface area contributed by atoms with E-state index in [4.69, 9.17) is 10.5 Å². The van der Waals surface area contributed by atoms with Crippen LogP contribution in [0, 0.1) is 5.92 Å². The van der Waals surface area contributed by atoms with E-state index in [0.717, 1.165) is 43.5 Å². The third-order valence-electron chi connectivity index (χ3n) is 3.82. The number of hydrogen-bond donors (Lipinski definition) is 2. The number of nitrogens with two attached hydrogens (primary N) is 1. The lowest BCUT2D eigenvalue weighted by Gasteiger charge is -2.23. The first kappa shape index (κ1) is 18.5. The number of unbranched alkanes of at least 4 members (excludes halogenated alkanes) is 3. The van der Waals surface area contributed by atoms with Crippen molar-refractivity contribution in [3.05, 3.63) is 29.8 Å². The molecule has 0 saturated heterocycles. The molecule has 1 aromatic rings. The van der Waals surface area contributed by atoms with Crippen LogP contribution in [0.15, 0.2) is 24.3 Å². The van der Waals surface area contributed by atoms with Gasteiger partial charge in [-0.25, -0.2) is 0 Å². The highest BCUT2D eigenvalue weighted by molar-refractivity contribution is 5.76. The van der Waals surface area contributed by atoms with Crippen LogP contribution in [0.5, 0.6) is 5.75 Å². The molecule has 1 atom stereocenters. The van der Waals surface area contributed by atoms with E-state index in [2.05, 4.69) is 19.2 Å². The van der Waals surface area contributed by atoms with Gasteiger partial charge in [0, 0.05) is 6.42 Å². The highest BCUT2D eigenvalue weighted by Gasteiger charge is 2.18. The standard InChI is InChI=1S/C18H30N2O2/c1-14(2)18(15-9-11-16(22-3)12-10-15)20-17(21)8-6-4-5-7-13-19/h9-12,14,18H,4-8,13,19H2,1-3H3,(H,20,21). The lowest BCUT2D eigenvalue weighted by atomic mass is 9.95. The number of nitrogens with one attached hydrogen (secondary N) is 1. The summed E-state index contributed by atoms with van der Waals surface area (Å²) in [6.45, 7) is 4.98. The van der Waals surface area contributed by atoms with Crippen LogP contribution in [-0.4, -0.2) is 19.6 Å². The van der Waals surface area contributed by atoms with Crippen molar-refractivity contribution >= 4 is 5.91 Å². The van der Waals surface area contributed by atoms with E-state index in [1.807, 2.05) is 24.3 Å². The highest BCUT2D eigenvalue weighted by atomic mass is 16.5. The molecule has 0 radical (unpaired) electrons. The topological polar surface area (TPSA) is 64.3 Å². The van der Waals surface area contributed by atoms with Gasteiger partial charge in [0.1, 0.15) is 5.75 Å². The molecule has 0 bridgehead atoms. The van der Waals surface area contributed by atoms with Gasteiger partial charge in [0.05, 0.1) is 13.2 Å². The quantitative estimate of drug-likeness (QED) is 0.651. The molecule has 0 aromatic heterocycles. The highest BCUT2D eigenvalue weighted by Crippen LogP contribution is 2.24. The molecule has 0 aliphatic carbocycles. The summed E-state index contributed by atoms with van der Waals surface area (Å²) in [6, 6.07) is 7.95. The van der Waals surface area contributed by atoms with Gasteiger partial charge < -0.3 is 15.8 Å². The second-order valence-corrected chi connectivity index (χ2v) is 6.02. The summed E-state index contributed by atoms with van der Waals surface area (Å²) in [6.07, 6.45) is 4.74. The Morgan fingerprint density at radius 1 is 1.14 bits per heavy atom. The summed E-state index contributed by atoms with van der Waals surface area (Å²) in [5.41, 5.74) is 6.58. The van der Waals surface area contributed by atoms with Crippen LogP contribution in [0.4, 0.5) is 0 Å². The van der Waals surface area contributed by atoms with Crippen molar-refractivity contribution in [3.63, 3.8) is 0 Å². The summed E-state index contributed by atoms with van der Waals surface area (Å²) in [5.74, 6) is 1.30. The van der Waals surface area contributed by atoms with E-state index >= 15 is 0 Å². The van der Waals surface area contributed by atoms with Crippen molar-refractivity contribution in [3.8, 4) is 5.75 Å². The summed E-state index contributed by atoms with van der Waals surface area (Å²) < 4.78 is 5.18. The van der Waals surface area contributed by atoms with E-state index in [0.29, 0.717) is 12.3 Å². The summed E-state index contributed by atoms with van der Waals surface area (Å²) in [5, 5.41) is 3.16. The maximum absolute atomic E-state index is 12.1. The number of ether oxygens (including phenoxy) is 1. The van der Waals surface area contributed by atoms with Gasteiger partial charge in [-0.15, -0.1) is 0 Å². The Hall–Kier alpha value is -1.55. The van der Waals surface area contributed by atoms with Gasteiger partial charge in [0.15, 0.2) is 0 Å². The molecule has 1 rings (SSSR count). The average molecular weight is 306 g/mol. The normalized spacial score (nSPS) is 12.2. The molecule has 0 heterocycles. The van der Waals surface area contributed by atoms with Gasteiger partial charge in [-0.2, -0.15) is 0 Å². The number of amides is 1. The van der Waals surface area contributed by atoms with Gasteiger partial charge >= 0.3 is 0 Å². The average Bonchev–Trinajstić information content (AvgIpc) is 2.52. The fraction of sp³-hybridized carbons (Fsp3) is 0.611. The molecule has 0 spiro atoms. The zero-order valence-corrected chi connectivity index (χ0v) is 14.1. The Kier molecular flexibility index (Phi) is 8.60. The van der Waals surface area contributed by atoms with Gasteiger partial charge in [0.25, 0.3) is 0 Å². The molecule has 4 heteroatoms. The molecule has 0 saturated carbocycles. The monoisotopic (exact) mass is 306 g/mol. The Morgan fingerprint density at radius 3 is 2.32 bits per heavy atom. The Morgan fingerprint density at radius 2 is 1.77 bits per heavy atom. The second-order valence-electron chi connectivity index (χ2n) is 6.02. The number of methoxy groups -OCH3 is 1. The molecular weight excluding hydrogens is 276 g/mol. The van der Waals surface area contributed by atoms with Crippen molar-refractivity contribution in [1.82, 2.24) is 5.32 Å². The first-order chi connectivity index (χ1) is 10.6. The zero-order chi connectivity index (χ0) is 16.4. The van der Waals surface area contributed by atoms with Gasteiger partial charge in [0.2, 0.25) is 5.91 Å². The molecule has 124 valence electrons. The van der Waals surface area contributed by atoms with Crippen LogP contribution in [0.2, 0.25) is 0 Å². The van der Waals surface area contributed by atoms with Crippen LogP contribution < -0.4 is 15.8 Å². The van der Waals surface area contributed by atoms with Gasteiger partial charge in [-0.3, -0.25) is 4.79 Å². The Balaban J connectivity index is 2.51. The maximum Gasteiger partial charge on any atom is 0.220 e. The van der Waals surface area contributed by atoms with Crippen LogP contribution in [0.3, 0.4) is 0 Å². The smallest absolute Gasteiger partial charge is 0.220 e. The third-order valence-corrected chi connectivity index (χ3v) is 3.82. The number of carbonyl (C=O) groups is 1. The fourth-order valence-corrected chi connectivity index (χ4v) is 2.48. The largest absolute Gasteiger partial charge is 0.497 e. The number of hydrogen-bond acceptors (Lipinski definition) is 3. The van der Waals surface area contributed by atoms with E-state index in [1.54, 1.807) is 7.11 Å². The predicted octanol–water partition coefficient (Wildman–Crippen LogP) is 3.42. The molecule has 0 fully saturated rings. The van der Waals surface area contributed by atoms with E-state index in [-0.39, 0.29) is 11.9 Å².